The number of fused-ring (bicyclic) bond motifs is 1. The molecule has 0 radical (unpaired) electrons. The second-order valence-electron chi connectivity index (χ2n) is 6.94. The largest absolute Gasteiger partial charge is 0.495 e. The third-order valence-electron chi connectivity index (χ3n) is 6.31. The van der Waals surface area contributed by atoms with E-state index in [4.69, 9.17) is 9.47 Å². The molecule has 0 bridgehead atoms. The number of hydrogen-bond acceptors (Lipinski definition) is 4. The summed E-state index contributed by atoms with van der Waals surface area (Å²) in [5.41, 5.74) is 2.24. The van der Waals surface area contributed by atoms with E-state index < -0.39 is 0 Å². The maximum atomic E-state index is 12.8. The summed E-state index contributed by atoms with van der Waals surface area (Å²) < 4.78 is 11.3. The average molecular weight is 313 g/mol. The molecular weight excluding hydrogens is 290 g/mol. The van der Waals surface area contributed by atoms with E-state index in [0.29, 0.717) is 12.2 Å². The lowest BCUT2D eigenvalue weighted by atomic mass is 9.54. The first-order chi connectivity index (χ1) is 11.1. The van der Waals surface area contributed by atoms with Crippen LogP contribution in [0, 0.1) is 0 Å². The number of ether oxygens (including phenoxy) is 2. The Morgan fingerprint density at radius 1 is 1.13 bits per heavy atom. The molecule has 122 valence electrons. The lowest BCUT2D eigenvalue weighted by Gasteiger charge is -2.55. The number of nitrogens with zero attached hydrogens (tertiary/aromatic N) is 1. The highest BCUT2D eigenvalue weighted by atomic mass is 16.5. The van der Waals surface area contributed by atoms with Crippen molar-refractivity contribution >= 4 is 5.78 Å². The lowest BCUT2D eigenvalue weighted by molar-refractivity contribution is -0.124. The van der Waals surface area contributed by atoms with Crippen molar-refractivity contribution in [2.45, 2.75) is 36.6 Å². The number of carbonyl (C=O) groups excluding carboxylic acids is 1. The highest BCUT2D eigenvalue weighted by Gasteiger charge is 2.67. The van der Waals surface area contributed by atoms with Gasteiger partial charge in [0, 0.05) is 11.8 Å². The molecule has 23 heavy (non-hydrogen) atoms. The number of rotatable bonds is 2. The molecule has 0 amide bonds. The van der Waals surface area contributed by atoms with E-state index in [-0.39, 0.29) is 16.7 Å². The van der Waals surface area contributed by atoms with Gasteiger partial charge in [-0.15, -0.1) is 0 Å². The maximum absolute atomic E-state index is 12.8. The fourth-order valence-corrected chi connectivity index (χ4v) is 5.40. The van der Waals surface area contributed by atoms with Gasteiger partial charge < -0.3 is 9.47 Å². The second kappa shape index (κ2) is 4.84. The Labute approximate surface area is 137 Å². The van der Waals surface area contributed by atoms with Gasteiger partial charge in [0.05, 0.1) is 19.8 Å². The summed E-state index contributed by atoms with van der Waals surface area (Å²) in [7, 11) is 5.39. The number of likely N-dealkylation sites (tertiary alicyclic amines) is 1. The zero-order chi connectivity index (χ0) is 16.2. The van der Waals surface area contributed by atoms with Gasteiger partial charge in [-0.1, -0.05) is 24.3 Å². The normalized spacial score (nSPS) is 33.1. The predicted molar refractivity (Wildman–Crippen MR) is 87.1 cm³/mol. The van der Waals surface area contributed by atoms with E-state index in [1.54, 1.807) is 14.2 Å². The molecule has 0 N–H and O–H groups in total. The molecule has 4 nitrogen and oxygen atoms in total. The summed E-state index contributed by atoms with van der Waals surface area (Å²) >= 11 is 0. The molecule has 1 aromatic carbocycles. The van der Waals surface area contributed by atoms with E-state index in [9.17, 15) is 4.79 Å². The zero-order valence-electron chi connectivity index (χ0n) is 14.0. The third kappa shape index (κ3) is 1.57. The molecule has 4 heteroatoms. The van der Waals surface area contributed by atoms with E-state index in [1.807, 2.05) is 0 Å². The molecule has 2 atom stereocenters. The fourth-order valence-electron chi connectivity index (χ4n) is 5.40. The zero-order valence-corrected chi connectivity index (χ0v) is 14.0. The predicted octanol–water partition coefficient (Wildman–Crippen LogP) is 2.42. The van der Waals surface area contributed by atoms with Crippen LogP contribution in [0.15, 0.2) is 35.8 Å². The van der Waals surface area contributed by atoms with Crippen molar-refractivity contribution in [3.8, 4) is 0 Å². The number of hydrogen-bond donors (Lipinski definition) is 0. The highest BCUT2D eigenvalue weighted by Crippen LogP contribution is 2.61. The van der Waals surface area contributed by atoms with Gasteiger partial charge in [-0.05, 0) is 44.0 Å². The van der Waals surface area contributed by atoms with Gasteiger partial charge in [0.25, 0.3) is 0 Å². The third-order valence-corrected chi connectivity index (χ3v) is 6.31. The van der Waals surface area contributed by atoms with Crippen molar-refractivity contribution in [2.24, 2.45) is 0 Å². The summed E-state index contributed by atoms with van der Waals surface area (Å²) in [6, 6.07) is 8.60. The number of allylic oxidation sites excluding steroid dienone is 1. The minimum atomic E-state index is -0.268. The number of methoxy groups -OCH3 is 2. The summed E-state index contributed by atoms with van der Waals surface area (Å²) in [6.07, 6.45) is 3.45. The number of carbonyl (C=O) groups is 1. The molecule has 1 heterocycles. The number of benzene rings is 1. The van der Waals surface area contributed by atoms with Crippen LogP contribution in [0.2, 0.25) is 0 Å². The van der Waals surface area contributed by atoms with Crippen molar-refractivity contribution in [2.75, 3.05) is 27.8 Å². The lowest BCUT2D eigenvalue weighted by Crippen LogP contribution is -2.62. The van der Waals surface area contributed by atoms with Crippen LogP contribution in [-0.2, 0) is 26.1 Å². The number of Topliss-reactive ketones (excluding diaryl/α,β-unsaturated/α-hetero) is 1. The van der Waals surface area contributed by atoms with Crippen molar-refractivity contribution in [1.82, 2.24) is 4.90 Å². The molecule has 1 aliphatic heterocycles. The van der Waals surface area contributed by atoms with Crippen LogP contribution in [0.5, 0.6) is 0 Å². The Balaban J connectivity index is 2.04. The first-order valence-electron chi connectivity index (χ1n) is 8.26. The van der Waals surface area contributed by atoms with E-state index in [1.165, 1.54) is 11.1 Å². The van der Waals surface area contributed by atoms with Gasteiger partial charge >= 0.3 is 0 Å². The molecule has 1 saturated heterocycles. The van der Waals surface area contributed by atoms with Crippen molar-refractivity contribution in [3.05, 3.63) is 46.9 Å². The van der Waals surface area contributed by atoms with Crippen LogP contribution in [0.1, 0.15) is 30.4 Å². The summed E-state index contributed by atoms with van der Waals surface area (Å²) in [5, 5.41) is 0. The smallest absolute Gasteiger partial charge is 0.201 e. The van der Waals surface area contributed by atoms with E-state index >= 15 is 0 Å². The maximum Gasteiger partial charge on any atom is 0.201 e. The molecule has 0 spiro atoms. The van der Waals surface area contributed by atoms with Gasteiger partial charge in [0.1, 0.15) is 0 Å². The number of likely N-dealkylation sites (N-methyl/N-ethyl adjacent to an activating group) is 1. The average Bonchev–Trinajstić information content (AvgIpc) is 2.87. The van der Waals surface area contributed by atoms with E-state index in [0.717, 1.165) is 31.6 Å². The van der Waals surface area contributed by atoms with Crippen molar-refractivity contribution in [3.63, 3.8) is 0 Å². The molecule has 1 aromatic rings. The Kier molecular flexibility index (Phi) is 3.11. The highest BCUT2D eigenvalue weighted by molar-refractivity contribution is 5.97. The number of aryl methyl sites for hydroxylation is 1. The summed E-state index contributed by atoms with van der Waals surface area (Å²) in [5.74, 6) is 1.20. The van der Waals surface area contributed by atoms with Gasteiger partial charge in [0.15, 0.2) is 5.76 Å². The number of ketones is 1. The molecule has 2 aliphatic carbocycles. The van der Waals surface area contributed by atoms with Gasteiger partial charge in [-0.25, -0.2) is 0 Å². The van der Waals surface area contributed by atoms with Crippen LogP contribution >= 0.6 is 0 Å². The van der Waals surface area contributed by atoms with E-state index in [2.05, 4.69) is 36.2 Å². The Hall–Kier alpha value is -1.81. The molecule has 0 unspecified atom stereocenters. The van der Waals surface area contributed by atoms with Crippen molar-refractivity contribution < 1.29 is 14.3 Å². The quantitative estimate of drug-likeness (QED) is 0.840. The topological polar surface area (TPSA) is 38.8 Å². The Bertz CT molecular complexity index is 710. The Morgan fingerprint density at radius 2 is 1.91 bits per heavy atom. The van der Waals surface area contributed by atoms with Gasteiger partial charge in [-0.2, -0.15) is 0 Å². The van der Waals surface area contributed by atoms with Crippen molar-refractivity contribution in [1.29, 1.82) is 0 Å². The molecule has 0 saturated carbocycles. The first kappa shape index (κ1) is 14.8. The first-order valence-corrected chi connectivity index (χ1v) is 8.26. The van der Waals surface area contributed by atoms with Crippen LogP contribution in [0.25, 0.3) is 0 Å². The molecule has 0 aromatic heterocycles. The SMILES string of the molecule is COC1=C(OC)[C@]23CCc4ccccc4[C@]2(CCN3C)CC1=O. The van der Waals surface area contributed by atoms with Crippen LogP contribution in [0.4, 0.5) is 0 Å². The fraction of sp³-hybridized carbons (Fsp3) is 0.526. The minimum absolute atomic E-state index is 0.0620. The minimum Gasteiger partial charge on any atom is -0.495 e. The molecular formula is C19H23NO3. The Morgan fingerprint density at radius 3 is 2.65 bits per heavy atom. The summed E-state index contributed by atoms with van der Waals surface area (Å²) in [4.78, 5) is 15.2. The molecule has 4 rings (SSSR count). The van der Waals surface area contributed by atoms with Crippen LogP contribution in [0.3, 0.4) is 0 Å². The second-order valence-corrected chi connectivity index (χ2v) is 6.94. The van der Waals surface area contributed by atoms with Crippen LogP contribution in [-0.4, -0.2) is 44.0 Å². The van der Waals surface area contributed by atoms with Gasteiger partial charge in [-0.3, -0.25) is 9.69 Å². The molecule has 3 aliphatic rings. The monoisotopic (exact) mass is 313 g/mol. The summed E-state index contributed by atoms with van der Waals surface area (Å²) in [6.45, 7) is 0.964. The molecule has 1 fully saturated rings. The van der Waals surface area contributed by atoms with Gasteiger partial charge in [0.2, 0.25) is 11.5 Å². The van der Waals surface area contributed by atoms with Crippen LogP contribution < -0.4 is 0 Å². The standard InChI is InChI=1S/C19H23NO3/c1-20-11-10-18-12-15(21)16(22-2)17(23-3)19(18,20)9-8-13-6-4-5-7-14(13)18/h4-7H,8-12H2,1-3H3/t18-,19+/m0/s1.